The molecule has 1 aromatic carbocycles. The van der Waals surface area contributed by atoms with Crippen molar-refractivity contribution in [1.29, 1.82) is 0 Å². The minimum absolute atomic E-state index is 0.0957. The molecule has 0 aliphatic carbocycles. The molecule has 19 heavy (non-hydrogen) atoms. The van der Waals surface area contributed by atoms with Crippen LogP contribution in [0.2, 0.25) is 0 Å². The fraction of sp³-hybridized carbons (Fsp3) is 0.467. The van der Waals surface area contributed by atoms with Crippen LogP contribution in [0.5, 0.6) is 0 Å². The largest absolute Gasteiger partial charge is 0.468 e. The first-order valence-electron chi connectivity index (χ1n) is 6.53. The summed E-state index contributed by atoms with van der Waals surface area (Å²) in [6, 6.07) is 9.64. The Bertz CT molecular complexity index is 458. The third-order valence-corrected chi connectivity index (χ3v) is 3.72. The number of benzene rings is 1. The maximum absolute atomic E-state index is 11.8. The van der Waals surface area contributed by atoms with Crippen molar-refractivity contribution >= 4 is 11.8 Å². The van der Waals surface area contributed by atoms with E-state index in [4.69, 9.17) is 4.74 Å². The van der Waals surface area contributed by atoms with E-state index >= 15 is 0 Å². The second kappa shape index (κ2) is 5.97. The summed E-state index contributed by atoms with van der Waals surface area (Å²) in [6.45, 7) is 2.66. The molecule has 1 fully saturated rings. The maximum atomic E-state index is 11.8. The molecular weight excluding hydrogens is 242 g/mol. The number of piperidine rings is 1. The van der Waals surface area contributed by atoms with E-state index in [0.717, 1.165) is 5.56 Å². The number of ketones is 1. The maximum Gasteiger partial charge on any atom is 0.323 e. The normalized spacial score (nSPS) is 22.0. The highest BCUT2D eigenvalue weighted by Gasteiger charge is 2.36. The number of likely N-dealkylation sites (tertiary alicyclic amines) is 1. The van der Waals surface area contributed by atoms with E-state index in [1.54, 1.807) is 0 Å². The first-order chi connectivity index (χ1) is 9.13. The number of hydrogen-bond donors (Lipinski definition) is 0. The van der Waals surface area contributed by atoms with Gasteiger partial charge in [-0.25, -0.2) is 0 Å². The zero-order valence-electron chi connectivity index (χ0n) is 11.3. The molecule has 0 aromatic heterocycles. The van der Waals surface area contributed by atoms with Crippen LogP contribution in [0.25, 0.3) is 0 Å². The Morgan fingerprint density at radius 3 is 2.68 bits per heavy atom. The molecule has 4 nitrogen and oxygen atoms in total. The van der Waals surface area contributed by atoms with E-state index in [9.17, 15) is 9.59 Å². The summed E-state index contributed by atoms with van der Waals surface area (Å²) < 4.78 is 4.82. The van der Waals surface area contributed by atoms with Gasteiger partial charge in [0.15, 0.2) is 0 Å². The standard InChI is InChI=1S/C15H19NO3/c1-11(12-6-4-3-5-7-12)16-9-8-13(17)10-14(16)15(18)19-2/h3-7,11,14H,8-10H2,1-2H3/t11-,14+/m1/s1. The van der Waals surface area contributed by atoms with Crippen molar-refractivity contribution in [3.05, 3.63) is 35.9 Å². The SMILES string of the molecule is COC(=O)[C@@H]1CC(=O)CCN1[C@H](C)c1ccccc1. The number of hydrogen-bond acceptors (Lipinski definition) is 4. The Hall–Kier alpha value is -1.68. The molecule has 0 N–H and O–H groups in total. The van der Waals surface area contributed by atoms with Gasteiger partial charge in [0.1, 0.15) is 11.8 Å². The van der Waals surface area contributed by atoms with Gasteiger partial charge in [-0.05, 0) is 12.5 Å². The van der Waals surface area contributed by atoms with Gasteiger partial charge in [-0.2, -0.15) is 0 Å². The number of rotatable bonds is 3. The average Bonchev–Trinajstić information content (AvgIpc) is 2.46. The Morgan fingerprint density at radius 1 is 1.37 bits per heavy atom. The van der Waals surface area contributed by atoms with Crippen molar-refractivity contribution in [3.8, 4) is 0 Å². The smallest absolute Gasteiger partial charge is 0.323 e. The molecule has 1 aliphatic heterocycles. The van der Waals surface area contributed by atoms with Gasteiger partial charge in [-0.1, -0.05) is 30.3 Å². The van der Waals surface area contributed by atoms with E-state index in [-0.39, 0.29) is 24.2 Å². The quantitative estimate of drug-likeness (QED) is 0.780. The van der Waals surface area contributed by atoms with Gasteiger partial charge in [0.25, 0.3) is 0 Å². The van der Waals surface area contributed by atoms with Crippen LogP contribution in [-0.4, -0.2) is 36.3 Å². The topological polar surface area (TPSA) is 46.6 Å². The predicted octanol–water partition coefficient (Wildman–Crippen LogP) is 1.95. The van der Waals surface area contributed by atoms with Gasteiger partial charge in [0, 0.05) is 25.4 Å². The predicted molar refractivity (Wildman–Crippen MR) is 71.6 cm³/mol. The van der Waals surface area contributed by atoms with Gasteiger partial charge in [0.2, 0.25) is 0 Å². The monoisotopic (exact) mass is 261 g/mol. The summed E-state index contributed by atoms with van der Waals surface area (Å²) in [5, 5.41) is 0. The molecule has 1 aliphatic rings. The fourth-order valence-corrected chi connectivity index (χ4v) is 2.59. The van der Waals surface area contributed by atoms with E-state index < -0.39 is 6.04 Å². The zero-order chi connectivity index (χ0) is 13.8. The molecule has 0 unspecified atom stereocenters. The molecule has 0 amide bonds. The summed E-state index contributed by atoms with van der Waals surface area (Å²) in [4.78, 5) is 25.5. The number of esters is 1. The van der Waals surface area contributed by atoms with E-state index in [2.05, 4.69) is 11.8 Å². The number of nitrogens with zero attached hydrogens (tertiary/aromatic N) is 1. The van der Waals surface area contributed by atoms with Crippen LogP contribution >= 0.6 is 0 Å². The third-order valence-electron chi connectivity index (χ3n) is 3.72. The van der Waals surface area contributed by atoms with Crippen LogP contribution in [0.1, 0.15) is 31.4 Å². The summed E-state index contributed by atoms with van der Waals surface area (Å²) in [6.07, 6.45) is 0.758. The van der Waals surface area contributed by atoms with Crippen LogP contribution in [0, 0.1) is 0 Å². The Kier molecular flexibility index (Phi) is 4.32. The highest BCUT2D eigenvalue weighted by molar-refractivity contribution is 5.87. The van der Waals surface area contributed by atoms with Crippen molar-refractivity contribution in [2.75, 3.05) is 13.7 Å². The van der Waals surface area contributed by atoms with Crippen molar-refractivity contribution < 1.29 is 14.3 Å². The van der Waals surface area contributed by atoms with Crippen molar-refractivity contribution in [2.24, 2.45) is 0 Å². The first-order valence-corrected chi connectivity index (χ1v) is 6.53. The van der Waals surface area contributed by atoms with Gasteiger partial charge < -0.3 is 4.74 Å². The van der Waals surface area contributed by atoms with Crippen molar-refractivity contribution in [3.63, 3.8) is 0 Å². The Morgan fingerprint density at radius 2 is 2.05 bits per heavy atom. The Balaban J connectivity index is 2.20. The molecule has 1 heterocycles. The van der Waals surface area contributed by atoms with Gasteiger partial charge in [-0.15, -0.1) is 0 Å². The van der Waals surface area contributed by atoms with Crippen LogP contribution < -0.4 is 0 Å². The van der Waals surface area contributed by atoms with E-state index in [0.29, 0.717) is 13.0 Å². The summed E-state index contributed by atoms with van der Waals surface area (Å²) in [5.41, 5.74) is 1.14. The minimum atomic E-state index is -0.457. The summed E-state index contributed by atoms with van der Waals surface area (Å²) in [5.74, 6) is -0.192. The fourth-order valence-electron chi connectivity index (χ4n) is 2.59. The molecule has 2 rings (SSSR count). The molecule has 0 bridgehead atoms. The summed E-state index contributed by atoms with van der Waals surface area (Å²) in [7, 11) is 1.37. The molecular formula is C15H19NO3. The van der Waals surface area contributed by atoms with E-state index in [1.807, 2.05) is 30.3 Å². The lowest BCUT2D eigenvalue weighted by Gasteiger charge is -2.37. The number of ether oxygens (including phenoxy) is 1. The number of Topliss-reactive ketones (excluding diaryl/α,β-unsaturated/α-hetero) is 1. The van der Waals surface area contributed by atoms with Crippen molar-refractivity contribution in [1.82, 2.24) is 4.90 Å². The van der Waals surface area contributed by atoms with Crippen LogP contribution in [0.15, 0.2) is 30.3 Å². The van der Waals surface area contributed by atoms with Gasteiger partial charge in [-0.3, -0.25) is 14.5 Å². The molecule has 0 saturated carbocycles. The second-order valence-corrected chi connectivity index (χ2v) is 4.86. The lowest BCUT2D eigenvalue weighted by Crippen LogP contribution is -2.48. The van der Waals surface area contributed by atoms with Gasteiger partial charge >= 0.3 is 5.97 Å². The van der Waals surface area contributed by atoms with Crippen LogP contribution in [0.4, 0.5) is 0 Å². The number of carbonyl (C=O) groups is 2. The lowest BCUT2D eigenvalue weighted by molar-refractivity contribution is -0.152. The summed E-state index contributed by atoms with van der Waals surface area (Å²) >= 11 is 0. The second-order valence-electron chi connectivity index (χ2n) is 4.86. The number of carbonyl (C=O) groups excluding carboxylic acids is 2. The molecule has 102 valence electrons. The number of methoxy groups -OCH3 is 1. The molecule has 0 spiro atoms. The molecule has 0 radical (unpaired) electrons. The highest BCUT2D eigenvalue weighted by atomic mass is 16.5. The molecule has 4 heteroatoms. The lowest BCUT2D eigenvalue weighted by atomic mass is 9.96. The third kappa shape index (κ3) is 3.01. The van der Waals surface area contributed by atoms with Gasteiger partial charge in [0.05, 0.1) is 7.11 Å². The van der Waals surface area contributed by atoms with Crippen LogP contribution in [-0.2, 0) is 14.3 Å². The van der Waals surface area contributed by atoms with Crippen LogP contribution in [0.3, 0.4) is 0 Å². The average molecular weight is 261 g/mol. The molecule has 1 aromatic rings. The molecule has 1 saturated heterocycles. The Labute approximate surface area is 113 Å². The highest BCUT2D eigenvalue weighted by Crippen LogP contribution is 2.27. The molecule has 2 atom stereocenters. The minimum Gasteiger partial charge on any atom is -0.468 e. The zero-order valence-corrected chi connectivity index (χ0v) is 11.3. The van der Waals surface area contributed by atoms with Crippen molar-refractivity contribution in [2.45, 2.75) is 31.8 Å². The van der Waals surface area contributed by atoms with E-state index in [1.165, 1.54) is 7.11 Å². The first kappa shape index (κ1) is 13.7.